The fourth-order valence-electron chi connectivity index (χ4n) is 1.15. The first kappa shape index (κ1) is 9.34. The monoisotopic (exact) mass is 181 g/mol. The Morgan fingerprint density at radius 3 is 2.50 bits per heavy atom. The molecule has 0 spiro atoms. The van der Waals surface area contributed by atoms with Gasteiger partial charge in [-0.05, 0) is 13.0 Å². The van der Waals surface area contributed by atoms with E-state index in [9.17, 15) is 18.7 Å². The smallest absolute Gasteiger partial charge is 0.377 e. The molecular weight excluding hydrogens is 172 g/mol. The Kier molecular flexibility index (Phi) is 2.05. The van der Waals surface area contributed by atoms with E-state index in [2.05, 4.69) is 5.32 Å². The number of aliphatic hydroxyl groups is 1. The number of nitrogens with one attached hydrogen (secondary N) is 1. The van der Waals surface area contributed by atoms with E-state index in [1.807, 2.05) is 0 Å². The van der Waals surface area contributed by atoms with Crippen molar-refractivity contribution in [3.63, 3.8) is 0 Å². The summed E-state index contributed by atoms with van der Waals surface area (Å²) in [5, 5.41) is 19.8. The topological polar surface area (TPSA) is 69.6 Å². The van der Waals surface area contributed by atoms with Crippen molar-refractivity contribution in [3.05, 3.63) is 0 Å². The van der Waals surface area contributed by atoms with Gasteiger partial charge in [-0.15, -0.1) is 0 Å². The van der Waals surface area contributed by atoms with E-state index < -0.39 is 17.5 Å². The maximum Gasteiger partial charge on any atom is 0.377 e. The fourth-order valence-corrected chi connectivity index (χ4v) is 1.15. The number of hydrogen-bond acceptors (Lipinski definition) is 3. The van der Waals surface area contributed by atoms with Crippen molar-refractivity contribution in [1.29, 1.82) is 0 Å². The molecule has 1 fully saturated rings. The van der Waals surface area contributed by atoms with Gasteiger partial charge in [-0.2, -0.15) is 8.78 Å². The average molecular weight is 181 g/mol. The van der Waals surface area contributed by atoms with Gasteiger partial charge < -0.3 is 15.5 Å². The van der Waals surface area contributed by atoms with E-state index in [1.54, 1.807) is 0 Å². The van der Waals surface area contributed by atoms with Crippen molar-refractivity contribution in [2.45, 2.75) is 17.9 Å². The molecule has 0 amide bonds. The Morgan fingerprint density at radius 1 is 1.58 bits per heavy atom. The summed E-state index contributed by atoms with van der Waals surface area (Å²) in [7, 11) is 0. The molecule has 0 aromatic heterocycles. The highest BCUT2D eigenvalue weighted by Gasteiger charge is 2.59. The first-order valence-corrected chi connectivity index (χ1v) is 3.44. The van der Waals surface area contributed by atoms with Gasteiger partial charge in [-0.3, -0.25) is 0 Å². The third kappa shape index (κ3) is 1.16. The zero-order valence-electron chi connectivity index (χ0n) is 6.18. The second-order valence-electron chi connectivity index (χ2n) is 2.84. The Hall–Kier alpha value is -0.750. The average Bonchev–Trinajstić information content (AvgIpc) is 2.37. The summed E-state index contributed by atoms with van der Waals surface area (Å²) in [4.78, 5) is 10.1. The molecule has 0 radical (unpaired) electrons. The normalized spacial score (nSPS) is 30.6. The Morgan fingerprint density at radius 2 is 2.17 bits per heavy atom. The molecule has 1 heterocycles. The van der Waals surface area contributed by atoms with Crippen LogP contribution in [0.4, 0.5) is 8.78 Å². The zero-order chi connectivity index (χ0) is 9.41. The summed E-state index contributed by atoms with van der Waals surface area (Å²) in [6.45, 7) is -0.175. The number of carboxylic acid groups (broad SMARTS) is 1. The first-order chi connectivity index (χ1) is 5.40. The highest BCUT2D eigenvalue weighted by atomic mass is 19.3. The third-order valence-corrected chi connectivity index (χ3v) is 1.99. The summed E-state index contributed by atoms with van der Waals surface area (Å²) >= 11 is 0. The van der Waals surface area contributed by atoms with E-state index in [4.69, 9.17) is 5.11 Å². The lowest BCUT2D eigenvalue weighted by Crippen LogP contribution is -2.54. The number of carbonyl (C=O) groups is 1. The van der Waals surface area contributed by atoms with Gasteiger partial charge in [0, 0.05) is 6.54 Å². The van der Waals surface area contributed by atoms with Gasteiger partial charge >= 0.3 is 11.9 Å². The van der Waals surface area contributed by atoms with Crippen LogP contribution >= 0.6 is 0 Å². The second kappa shape index (κ2) is 2.63. The third-order valence-electron chi connectivity index (χ3n) is 1.99. The van der Waals surface area contributed by atoms with Gasteiger partial charge in [0.25, 0.3) is 0 Å². The molecule has 0 aliphatic carbocycles. The molecule has 4 nitrogen and oxygen atoms in total. The fraction of sp³-hybridized carbons (Fsp3) is 0.833. The summed E-state index contributed by atoms with van der Waals surface area (Å²) in [6, 6.07) is 0. The van der Waals surface area contributed by atoms with Crippen LogP contribution in [-0.4, -0.2) is 40.8 Å². The van der Waals surface area contributed by atoms with Crippen molar-refractivity contribution in [3.8, 4) is 0 Å². The Labute approximate surface area is 67.2 Å². The van der Waals surface area contributed by atoms with Gasteiger partial charge in [0.05, 0.1) is 0 Å². The standard InChI is InChI=1S/C6H9F2NO3/c7-6(8,4(10)11)5(12)1-2-9-3-5/h9,12H,1-3H2,(H,10,11). The van der Waals surface area contributed by atoms with Crippen LogP contribution in [0.5, 0.6) is 0 Å². The number of aliphatic carboxylic acids is 1. The van der Waals surface area contributed by atoms with Crippen LogP contribution in [0.25, 0.3) is 0 Å². The number of alkyl halides is 2. The molecule has 1 aliphatic rings. The van der Waals surface area contributed by atoms with Crippen molar-refractivity contribution in [2.75, 3.05) is 13.1 Å². The molecule has 1 unspecified atom stereocenters. The van der Waals surface area contributed by atoms with E-state index >= 15 is 0 Å². The molecule has 1 aliphatic heterocycles. The SMILES string of the molecule is O=C(O)C(F)(F)C1(O)CCNC1. The minimum Gasteiger partial charge on any atom is -0.477 e. The van der Waals surface area contributed by atoms with Crippen molar-refractivity contribution in [2.24, 2.45) is 0 Å². The molecule has 6 heteroatoms. The van der Waals surface area contributed by atoms with Crippen molar-refractivity contribution < 1.29 is 23.8 Å². The number of carboxylic acids is 1. The summed E-state index contributed by atoms with van der Waals surface area (Å²) in [6.07, 6.45) is -0.244. The number of hydrogen-bond donors (Lipinski definition) is 3. The number of rotatable bonds is 2. The predicted octanol–water partition coefficient (Wildman–Crippen LogP) is -0.569. The lowest BCUT2D eigenvalue weighted by atomic mass is 9.95. The highest BCUT2D eigenvalue weighted by Crippen LogP contribution is 2.33. The molecule has 0 aromatic carbocycles. The molecular formula is C6H9F2NO3. The molecule has 3 N–H and O–H groups in total. The molecule has 0 bridgehead atoms. The van der Waals surface area contributed by atoms with E-state index in [1.165, 1.54) is 0 Å². The maximum absolute atomic E-state index is 12.7. The summed E-state index contributed by atoms with van der Waals surface area (Å²) in [5.41, 5.74) is -2.43. The lowest BCUT2D eigenvalue weighted by Gasteiger charge is -2.27. The van der Waals surface area contributed by atoms with Crippen LogP contribution in [0.3, 0.4) is 0 Å². The largest absolute Gasteiger partial charge is 0.477 e. The van der Waals surface area contributed by atoms with Crippen LogP contribution in [0.1, 0.15) is 6.42 Å². The quantitative estimate of drug-likeness (QED) is 0.533. The van der Waals surface area contributed by atoms with Crippen LogP contribution in [0.15, 0.2) is 0 Å². The van der Waals surface area contributed by atoms with Crippen molar-refractivity contribution >= 4 is 5.97 Å². The van der Waals surface area contributed by atoms with E-state index in [0.29, 0.717) is 0 Å². The molecule has 1 saturated heterocycles. The van der Waals surface area contributed by atoms with E-state index in [0.717, 1.165) is 0 Å². The Bertz CT molecular complexity index is 201. The van der Waals surface area contributed by atoms with Gasteiger partial charge in [0.1, 0.15) is 0 Å². The molecule has 70 valence electrons. The minimum absolute atomic E-state index is 0.208. The van der Waals surface area contributed by atoms with Crippen LogP contribution < -0.4 is 5.32 Å². The number of halogens is 2. The minimum atomic E-state index is -4.07. The predicted molar refractivity (Wildman–Crippen MR) is 35.0 cm³/mol. The van der Waals surface area contributed by atoms with Gasteiger partial charge in [0.2, 0.25) is 0 Å². The lowest BCUT2D eigenvalue weighted by molar-refractivity contribution is -0.203. The highest BCUT2D eigenvalue weighted by molar-refractivity contribution is 5.77. The van der Waals surface area contributed by atoms with Crippen LogP contribution in [0.2, 0.25) is 0 Å². The molecule has 1 rings (SSSR count). The first-order valence-electron chi connectivity index (χ1n) is 3.44. The summed E-state index contributed by atoms with van der Waals surface area (Å²) < 4.78 is 25.5. The molecule has 0 aromatic rings. The number of β-amino-alcohol motifs (C(OH)–C–C–N with tert-alkyl or cyclic N) is 1. The molecule has 1 atom stereocenters. The molecule has 0 saturated carbocycles. The second-order valence-corrected chi connectivity index (χ2v) is 2.84. The van der Waals surface area contributed by atoms with Gasteiger partial charge in [-0.1, -0.05) is 0 Å². The summed E-state index contributed by atoms with van der Waals surface area (Å²) in [5.74, 6) is -6.36. The van der Waals surface area contributed by atoms with Crippen molar-refractivity contribution in [1.82, 2.24) is 5.32 Å². The van der Waals surface area contributed by atoms with Gasteiger partial charge in [0.15, 0.2) is 5.60 Å². The van der Waals surface area contributed by atoms with Gasteiger partial charge in [-0.25, -0.2) is 4.79 Å². The Balaban J connectivity index is 2.85. The zero-order valence-corrected chi connectivity index (χ0v) is 6.18. The van der Waals surface area contributed by atoms with Crippen LogP contribution in [0, 0.1) is 0 Å². The molecule has 12 heavy (non-hydrogen) atoms. The maximum atomic E-state index is 12.7. The van der Waals surface area contributed by atoms with Crippen LogP contribution in [-0.2, 0) is 4.79 Å². The van der Waals surface area contributed by atoms with E-state index in [-0.39, 0.29) is 19.5 Å².